The number of nitrogens with zero attached hydrogens (tertiary/aromatic N) is 4. The lowest BCUT2D eigenvalue weighted by Crippen LogP contribution is -2.43. The van der Waals surface area contributed by atoms with Gasteiger partial charge in [0.2, 0.25) is 5.91 Å². The van der Waals surface area contributed by atoms with Crippen molar-refractivity contribution in [3.05, 3.63) is 17.8 Å². The second kappa shape index (κ2) is 5.19. The van der Waals surface area contributed by atoms with Crippen molar-refractivity contribution in [3.63, 3.8) is 0 Å². The van der Waals surface area contributed by atoms with E-state index in [1.807, 2.05) is 18.0 Å². The molecule has 2 aromatic heterocycles. The summed E-state index contributed by atoms with van der Waals surface area (Å²) in [5.74, 6) is 1.36. The van der Waals surface area contributed by atoms with Gasteiger partial charge in [-0.15, -0.1) is 11.3 Å². The maximum absolute atomic E-state index is 11.9. The molecule has 0 saturated carbocycles. The van der Waals surface area contributed by atoms with Crippen molar-refractivity contribution in [3.8, 4) is 0 Å². The van der Waals surface area contributed by atoms with E-state index in [0.29, 0.717) is 12.3 Å². The van der Waals surface area contributed by atoms with Gasteiger partial charge in [0.05, 0.1) is 10.2 Å². The SMILES string of the molecule is CN1C(=O)CC[C@]12CCCN(c1ncnc3ccsc13)CC2. The van der Waals surface area contributed by atoms with E-state index in [4.69, 9.17) is 0 Å². The van der Waals surface area contributed by atoms with E-state index < -0.39 is 0 Å². The predicted octanol–water partition coefficient (Wildman–Crippen LogP) is 2.67. The molecule has 0 N–H and O–H groups in total. The van der Waals surface area contributed by atoms with Crippen LogP contribution in [0.1, 0.15) is 32.1 Å². The average Bonchev–Trinajstić information content (AvgIpc) is 3.03. The molecule has 4 heterocycles. The van der Waals surface area contributed by atoms with Crippen LogP contribution in [-0.4, -0.2) is 46.5 Å². The number of rotatable bonds is 1. The largest absolute Gasteiger partial charge is 0.355 e. The first kappa shape index (κ1) is 13.9. The Bertz CT molecular complexity index is 715. The Kier molecular flexibility index (Phi) is 3.29. The molecule has 22 heavy (non-hydrogen) atoms. The van der Waals surface area contributed by atoms with Crippen LogP contribution in [0.2, 0.25) is 0 Å². The monoisotopic (exact) mass is 316 g/mol. The van der Waals surface area contributed by atoms with Crippen LogP contribution in [-0.2, 0) is 4.79 Å². The van der Waals surface area contributed by atoms with Crippen LogP contribution >= 0.6 is 11.3 Å². The molecule has 1 atom stereocenters. The Hall–Kier alpha value is -1.69. The molecule has 1 spiro atoms. The summed E-state index contributed by atoms with van der Waals surface area (Å²) in [6, 6.07) is 2.05. The Balaban J connectivity index is 1.61. The van der Waals surface area contributed by atoms with Gasteiger partial charge in [-0.1, -0.05) is 0 Å². The van der Waals surface area contributed by atoms with Crippen LogP contribution in [0.25, 0.3) is 10.2 Å². The van der Waals surface area contributed by atoms with Gasteiger partial charge in [-0.25, -0.2) is 9.97 Å². The molecule has 4 rings (SSSR count). The molecular formula is C16H20N4OS. The number of carbonyl (C=O) groups excluding carboxylic acids is 1. The number of amides is 1. The fourth-order valence-corrected chi connectivity index (χ4v) is 4.78. The lowest BCUT2D eigenvalue weighted by Gasteiger charge is -2.35. The van der Waals surface area contributed by atoms with E-state index >= 15 is 0 Å². The summed E-state index contributed by atoms with van der Waals surface area (Å²) < 4.78 is 1.18. The Morgan fingerprint density at radius 2 is 2.14 bits per heavy atom. The maximum atomic E-state index is 11.9. The minimum Gasteiger partial charge on any atom is -0.355 e. The van der Waals surface area contributed by atoms with Crippen molar-refractivity contribution < 1.29 is 4.79 Å². The number of aromatic nitrogens is 2. The maximum Gasteiger partial charge on any atom is 0.222 e. The second-order valence-corrected chi connectivity index (χ2v) is 7.27. The van der Waals surface area contributed by atoms with Crippen molar-refractivity contribution in [2.24, 2.45) is 0 Å². The molecule has 0 aromatic carbocycles. The van der Waals surface area contributed by atoms with Gasteiger partial charge in [0.15, 0.2) is 0 Å². The molecule has 1 amide bonds. The van der Waals surface area contributed by atoms with Gasteiger partial charge in [-0.2, -0.15) is 0 Å². The fraction of sp³-hybridized carbons (Fsp3) is 0.562. The summed E-state index contributed by atoms with van der Waals surface area (Å²) in [5.41, 5.74) is 1.11. The van der Waals surface area contributed by atoms with Gasteiger partial charge in [0.1, 0.15) is 12.1 Å². The van der Waals surface area contributed by atoms with Crippen LogP contribution in [0.4, 0.5) is 5.82 Å². The average molecular weight is 316 g/mol. The van der Waals surface area contributed by atoms with Crippen molar-refractivity contribution in [1.29, 1.82) is 0 Å². The van der Waals surface area contributed by atoms with Crippen LogP contribution in [0.15, 0.2) is 17.8 Å². The highest BCUT2D eigenvalue weighted by Gasteiger charge is 2.43. The third kappa shape index (κ3) is 2.08. The first-order chi connectivity index (χ1) is 10.7. The van der Waals surface area contributed by atoms with E-state index in [2.05, 4.69) is 20.2 Å². The van der Waals surface area contributed by atoms with Crippen LogP contribution < -0.4 is 4.90 Å². The van der Waals surface area contributed by atoms with E-state index in [0.717, 1.165) is 50.1 Å². The third-order valence-corrected chi connectivity index (χ3v) is 6.23. The van der Waals surface area contributed by atoms with E-state index in [1.165, 1.54) is 4.70 Å². The quantitative estimate of drug-likeness (QED) is 0.811. The summed E-state index contributed by atoms with van der Waals surface area (Å²) >= 11 is 1.71. The lowest BCUT2D eigenvalue weighted by molar-refractivity contribution is -0.129. The van der Waals surface area contributed by atoms with Gasteiger partial charge in [-0.3, -0.25) is 4.79 Å². The summed E-state index contributed by atoms with van der Waals surface area (Å²) in [6.07, 6.45) is 6.62. The van der Waals surface area contributed by atoms with Crippen molar-refractivity contribution in [1.82, 2.24) is 14.9 Å². The molecule has 5 nitrogen and oxygen atoms in total. The topological polar surface area (TPSA) is 49.3 Å². The standard InChI is InChI=1S/C16H20N4OS/c1-19-13(21)3-6-16(19)5-2-8-20(9-7-16)15-14-12(4-10-22-14)17-11-18-15/h4,10-11H,2-3,5-9H2,1H3/t16-/m0/s1. The Morgan fingerprint density at radius 1 is 1.23 bits per heavy atom. The van der Waals surface area contributed by atoms with Crippen molar-refractivity contribution in [2.75, 3.05) is 25.0 Å². The minimum absolute atomic E-state index is 0.0768. The molecule has 0 aliphatic carbocycles. The van der Waals surface area contributed by atoms with E-state index in [-0.39, 0.29) is 5.54 Å². The lowest BCUT2D eigenvalue weighted by atomic mass is 9.88. The summed E-state index contributed by atoms with van der Waals surface area (Å²) in [6.45, 7) is 1.97. The number of thiophene rings is 1. The molecule has 6 heteroatoms. The molecule has 2 aromatic rings. The van der Waals surface area contributed by atoms with Gasteiger partial charge < -0.3 is 9.80 Å². The molecule has 2 fully saturated rings. The zero-order valence-electron chi connectivity index (χ0n) is 12.8. The number of likely N-dealkylation sites (tertiary alicyclic amines) is 1. The predicted molar refractivity (Wildman–Crippen MR) is 88.2 cm³/mol. The summed E-state index contributed by atoms with van der Waals surface area (Å²) in [4.78, 5) is 25.2. The van der Waals surface area contributed by atoms with E-state index in [9.17, 15) is 4.79 Å². The van der Waals surface area contributed by atoms with Crippen LogP contribution in [0, 0.1) is 0 Å². The smallest absolute Gasteiger partial charge is 0.222 e. The number of hydrogen-bond acceptors (Lipinski definition) is 5. The molecule has 2 aliphatic heterocycles. The summed E-state index contributed by atoms with van der Waals surface area (Å²) in [5, 5.41) is 2.07. The van der Waals surface area contributed by atoms with Gasteiger partial charge in [0, 0.05) is 32.1 Å². The van der Waals surface area contributed by atoms with Crippen LogP contribution in [0.5, 0.6) is 0 Å². The van der Waals surface area contributed by atoms with Gasteiger partial charge in [0.25, 0.3) is 0 Å². The number of hydrogen-bond donors (Lipinski definition) is 0. The number of anilines is 1. The van der Waals surface area contributed by atoms with E-state index in [1.54, 1.807) is 17.7 Å². The molecule has 2 aliphatic rings. The highest BCUT2D eigenvalue weighted by molar-refractivity contribution is 7.17. The number of fused-ring (bicyclic) bond motifs is 1. The zero-order valence-corrected chi connectivity index (χ0v) is 13.6. The molecule has 116 valence electrons. The highest BCUT2D eigenvalue weighted by Crippen LogP contribution is 2.39. The molecular weight excluding hydrogens is 296 g/mol. The molecule has 0 bridgehead atoms. The number of carbonyl (C=O) groups is 1. The zero-order chi connectivity index (χ0) is 15.2. The normalized spacial score (nSPS) is 26.1. The molecule has 0 radical (unpaired) electrons. The third-order valence-electron chi connectivity index (χ3n) is 5.33. The first-order valence-electron chi connectivity index (χ1n) is 7.89. The Labute approximate surface area is 134 Å². The van der Waals surface area contributed by atoms with Crippen molar-refractivity contribution >= 4 is 33.3 Å². The van der Waals surface area contributed by atoms with Gasteiger partial charge >= 0.3 is 0 Å². The highest BCUT2D eigenvalue weighted by atomic mass is 32.1. The second-order valence-electron chi connectivity index (χ2n) is 6.35. The summed E-state index contributed by atoms with van der Waals surface area (Å²) in [7, 11) is 1.98. The molecule has 0 unspecified atom stereocenters. The fourth-order valence-electron chi connectivity index (χ4n) is 3.92. The van der Waals surface area contributed by atoms with Gasteiger partial charge in [-0.05, 0) is 37.1 Å². The van der Waals surface area contributed by atoms with Crippen LogP contribution in [0.3, 0.4) is 0 Å². The minimum atomic E-state index is 0.0768. The first-order valence-corrected chi connectivity index (χ1v) is 8.77. The van der Waals surface area contributed by atoms with Crippen molar-refractivity contribution in [2.45, 2.75) is 37.6 Å². The molecule has 2 saturated heterocycles. The Morgan fingerprint density at radius 3 is 2.95 bits per heavy atom.